The van der Waals surface area contributed by atoms with Crippen LogP contribution in [-0.4, -0.2) is 32.3 Å². The number of benzene rings is 1. The molecule has 5 nitrogen and oxygen atoms in total. The zero-order valence-corrected chi connectivity index (χ0v) is 15.1. The van der Waals surface area contributed by atoms with E-state index in [-0.39, 0.29) is 6.61 Å². The summed E-state index contributed by atoms with van der Waals surface area (Å²) in [6.07, 6.45) is 4.31. The maximum Gasteiger partial charge on any atom is 0.407 e. The Balaban J connectivity index is 2.21. The minimum absolute atomic E-state index is 0.225. The maximum absolute atomic E-state index is 11.6. The molecular formula is C16H16Cl3N3O2. The molecule has 8 heteroatoms. The average Bonchev–Trinajstić information content (AvgIpc) is 3.00. The molecule has 1 aromatic carbocycles. The van der Waals surface area contributed by atoms with Crippen molar-refractivity contribution in [3.05, 3.63) is 54.4 Å². The third kappa shape index (κ3) is 5.16. The first-order valence-corrected chi connectivity index (χ1v) is 8.33. The van der Waals surface area contributed by atoms with E-state index in [9.17, 15) is 4.79 Å². The van der Waals surface area contributed by atoms with Crippen LogP contribution in [0, 0.1) is 0 Å². The first-order valence-electron chi connectivity index (χ1n) is 7.19. The van der Waals surface area contributed by atoms with Gasteiger partial charge in [-0.05, 0) is 31.2 Å². The van der Waals surface area contributed by atoms with Crippen LogP contribution in [0.15, 0.2) is 48.7 Å². The molecule has 0 aliphatic rings. The fourth-order valence-corrected chi connectivity index (χ4v) is 2.34. The Bertz CT molecular complexity index is 696. The van der Waals surface area contributed by atoms with Crippen LogP contribution in [-0.2, 0) is 4.74 Å². The number of alkyl carbamates (subject to hydrolysis) is 1. The number of hydrogen-bond acceptors (Lipinski definition) is 3. The van der Waals surface area contributed by atoms with Crippen LogP contribution < -0.4 is 5.32 Å². The second-order valence-electron chi connectivity index (χ2n) is 4.75. The highest BCUT2D eigenvalue weighted by molar-refractivity contribution is 6.68. The first-order chi connectivity index (χ1) is 11.4. The van der Waals surface area contributed by atoms with Crippen molar-refractivity contribution in [1.82, 2.24) is 15.1 Å². The summed E-state index contributed by atoms with van der Waals surface area (Å²) in [6, 6.07) is 10.5. The summed E-state index contributed by atoms with van der Waals surface area (Å²) < 4.78 is 4.83. The Hall–Kier alpha value is -1.69. The number of nitrogens with zero attached hydrogens (tertiary/aromatic N) is 2. The fraction of sp³-hybridized carbons (Fsp3) is 0.250. The Morgan fingerprint density at radius 2 is 2.04 bits per heavy atom. The molecule has 0 bridgehead atoms. The minimum Gasteiger partial charge on any atom is -0.450 e. The van der Waals surface area contributed by atoms with E-state index in [0.717, 1.165) is 11.4 Å². The third-order valence-corrected chi connectivity index (χ3v) is 3.74. The quantitative estimate of drug-likeness (QED) is 0.774. The van der Waals surface area contributed by atoms with Gasteiger partial charge in [0.25, 0.3) is 0 Å². The Morgan fingerprint density at radius 1 is 1.33 bits per heavy atom. The number of carbonyl (C=O) groups excluding carboxylic acids is 1. The molecule has 1 heterocycles. The highest BCUT2D eigenvalue weighted by atomic mass is 35.6. The van der Waals surface area contributed by atoms with Crippen LogP contribution in [0.2, 0.25) is 0 Å². The zero-order valence-electron chi connectivity index (χ0n) is 12.8. The van der Waals surface area contributed by atoms with Crippen molar-refractivity contribution in [2.75, 3.05) is 6.61 Å². The van der Waals surface area contributed by atoms with Crippen LogP contribution in [0.4, 0.5) is 4.79 Å². The monoisotopic (exact) mass is 387 g/mol. The van der Waals surface area contributed by atoms with Crippen molar-refractivity contribution in [2.45, 2.75) is 16.8 Å². The lowest BCUT2D eigenvalue weighted by Gasteiger charge is -2.22. The lowest BCUT2D eigenvalue weighted by Crippen LogP contribution is -2.42. The summed E-state index contributed by atoms with van der Waals surface area (Å²) >= 11 is 17.8. The molecule has 2 aromatic rings. The number of carbonyl (C=O) groups is 1. The van der Waals surface area contributed by atoms with Crippen LogP contribution in [0.3, 0.4) is 0 Å². The molecule has 1 atom stereocenters. The zero-order chi connectivity index (χ0) is 17.6. The highest BCUT2D eigenvalue weighted by Gasteiger charge is 2.32. The number of aromatic nitrogens is 2. The predicted molar refractivity (Wildman–Crippen MR) is 96.8 cm³/mol. The molecule has 24 heavy (non-hydrogen) atoms. The molecule has 0 aliphatic heterocycles. The summed E-state index contributed by atoms with van der Waals surface area (Å²) in [7, 11) is 0. The first kappa shape index (κ1) is 18.6. The number of para-hydroxylation sites is 1. The Labute approximate surface area is 155 Å². The molecule has 0 aliphatic carbocycles. The smallest absolute Gasteiger partial charge is 0.407 e. The molecule has 0 saturated carbocycles. The molecule has 128 valence electrons. The largest absolute Gasteiger partial charge is 0.450 e. The number of hydrogen-bond donors (Lipinski definition) is 1. The topological polar surface area (TPSA) is 56.1 Å². The van der Waals surface area contributed by atoms with Crippen molar-refractivity contribution < 1.29 is 9.53 Å². The normalized spacial score (nSPS) is 13.0. The summed E-state index contributed by atoms with van der Waals surface area (Å²) in [6.45, 7) is 1.92. The van der Waals surface area contributed by atoms with Crippen molar-refractivity contribution in [2.24, 2.45) is 0 Å². The lowest BCUT2D eigenvalue weighted by atomic mass is 10.2. The maximum atomic E-state index is 11.6. The van der Waals surface area contributed by atoms with Crippen molar-refractivity contribution in [3.63, 3.8) is 0 Å². The van der Waals surface area contributed by atoms with Gasteiger partial charge >= 0.3 is 6.09 Å². The van der Waals surface area contributed by atoms with E-state index in [0.29, 0.717) is 0 Å². The second-order valence-corrected chi connectivity index (χ2v) is 7.12. The molecular weight excluding hydrogens is 373 g/mol. The summed E-state index contributed by atoms with van der Waals surface area (Å²) in [5.74, 6) is 0. The van der Waals surface area contributed by atoms with Gasteiger partial charge in [-0.2, -0.15) is 5.10 Å². The second kappa shape index (κ2) is 8.42. The molecule has 1 unspecified atom stereocenters. The molecule has 1 aromatic heterocycles. The standard InChI is InChI=1S/C16H16Cl3N3O2/c1-2-24-15(23)21-14(16(17,18)19)9-8-13-10-11-20-22(13)12-6-4-3-5-7-12/h3-11,14H,2H2,1H3,(H,21,23)/b9-8+. The molecule has 0 saturated heterocycles. The SMILES string of the molecule is CCOC(=O)NC(/C=C/c1ccnn1-c1ccccc1)C(Cl)(Cl)Cl. The minimum atomic E-state index is -1.72. The third-order valence-electron chi connectivity index (χ3n) is 3.03. The van der Waals surface area contributed by atoms with Gasteiger partial charge in [0.05, 0.1) is 30.2 Å². The number of alkyl halides is 3. The lowest BCUT2D eigenvalue weighted by molar-refractivity contribution is 0.150. The predicted octanol–water partition coefficient (Wildman–Crippen LogP) is 4.37. The van der Waals surface area contributed by atoms with E-state index in [1.165, 1.54) is 0 Å². The van der Waals surface area contributed by atoms with Gasteiger partial charge < -0.3 is 10.1 Å². The Morgan fingerprint density at radius 3 is 2.67 bits per heavy atom. The van der Waals surface area contributed by atoms with Gasteiger partial charge in [-0.25, -0.2) is 9.48 Å². The molecule has 0 fully saturated rings. The van der Waals surface area contributed by atoms with E-state index in [4.69, 9.17) is 39.5 Å². The van der Waals surface area contributed by atoms with E-state index < -0.39 is 15.9 Å². The molecule has 0 spiro atoms. The van der Waals surface area contributed by atoms with Gasteiger partial charge in [-0.3, -0.25) is 0 Å². The summed E-state index contributed by atoms with van der Waals surface area (Å²) in [5.41, 5.74) is 1.66. The summed E-state index contributed by atoms with van der Waals surface area (Å²) in [5, 5.41) is 6.78. The number of ether oxygens (including phenoxy) is 1. The van der Waals surface area contributed by atoms with Crippen LogP contribution in [0.1, 0.15) is 12.6 Å². The van der Waals surface area contributed by atoms with Gasteiger partial charge in [-0.15, -0.1) is 0 Å². The van der Waals surface area contributed by atoms with Crippen molar-refractivity contribution in [3.8, 4) is 5.69 Å². The van der Waals surface area contributed by atoms with Crippen molar-refractivity contribution >= 4 is 47.0 Å². The van der Waals surface area contributed by atoms with Gasteiger partial charge in [0.15, 0.2) is 0 Å². The number of nitrogens with one attached hydrogen (secondary N) is 1. The van der Waals surface area contributed by atoms with Crippen LogP contribution in [0.5, 0.6) is 0 Å². The molecule has 0 radical (unpaired) electrons. The van der Waals surface area contributed by atoms with Gasteiger partial charge in [0.2, 0.25) is 3.79 Å². The number of halogens is 3. The van der Waals surface area contributed by atoms with Crippen molar-refractivity contribution in [1.29, 1.82) is 0 Å². The summed E-state index contributed by atoms with van der Waals surface area (Å²) in [4.78, 5) is 11.6. The molecule has 1 N–H and O–H groups in total. The highest BCUT2D eigenvalue weighted by Crippen LogP contribution is 2.31. The fourth-order valence-electron chi connectivity index (χ4n) is 1.96. The number of amides is 1. The average molecular weight is 389 g/mol. The number of rotatable bonds is 5. The van der Waals surface area contributed by atoms with E-state index in [1.54, 1.807) is 30.0 Å². The molecule has 1 amide bonds. The van der Waals surface area contributed by atoms with Gasteiger partial charge in [0.1, 0.15) is 0 Å². The Kier molecular flexibility index (Phi) is 6.54. The molecule has 2 rings (SSSR count). The van der Waals surface area contributed by atoms with Gasteiger partial charge in [-0.1, -0.05) is 59.1 Å². The van der Waals surface area contributed by atoms with Crippen LogP contribution >= 0.6 is 34.8 Å². The van der Waals surface area contributed by atoms with Gasteiger partial charge in [0, 0.05) is 0 Å². The van der Waals surface area contributed by atoms with Crippen LogP contribution in [0.25, 0.3) is 11.8 Å². The van der Waals surface area contributed by atoms with E-state index in [2.05, 4.69) is 10.4 Å². The van der Waals surface area contributed by atoms with E-state index >= 15 is 0 Å². The van der Waals surface area contributed by atoms with E-state index in [1.807, 2.05) is 36.4 Å².